The second kappa shape index (κ2) is 10.7. The van der Waals surface area contributed by atoms with Crippen molar-refractivity contribution in [3.8, 4) is 16.9 Å². The first-order valence-corrected chi connectivity index (χ1v) is 12.5. The lowest BCUT2D eigenvalue weighted by Crippen LogP contribution is -2.68. The number of fused-ring (bicyclic) bond motifs is 1. The minimum Gasteiger partial charge on any atom is -0.497 e. The van der Waals surface area contributed by atoms with Crippen LogP contribution in [0.15, 0.2) is 72.8 Å². The van der Waals surface area contributed by atoms with Crippen molar-refractivity contribution in [2.45, 2.75) is 30.8 Å². The highest BCUT2D eigenvalue weighted by Crippen LogP contribution is 2.42. The van der Waals surface area contributed by atoms with E-state index in [1.165, 1.54) is 12.1 Å². The Hall–Kier alpha value is -3.42. The number of nitrogens with zero attached hydrogens (tertiary/aromatic N) is 2. The summed E-state index contributed by atoms with van der Waals surface area (Å²) >= 11 is 0. The van der Waals surface area contributed by atoms with Crippen molar-refractivity contribution in [3.05, 3.63) is 84.2 Å². The van der Waals surface area contributed by atoms with E-state index in [2.05, 4.69) is 22.3 Å². The highest BCUT2D eigenvalue weighted by atomic mass is 19.1. The Balaban J connectivity index is 1.33. The SMILES string of the molecule is COc1ccc(NC(=O)N2CCCCN3[C@H](CO)[C@H](c4ccc(-c5cccc(F)c5)cc4)[C@@H]3C2)cc1. The van der Waals surface area contributed by atoms with Gasteiger partial charge in [-0.1, -0.05) is 36.4 Å². The quantitative estimate of drug-likeness (QED) is 0.532. The summed E-state index contributed by atoms with van der Waals surface area (Å²) in [5, 5.41) is 13.2. The van der Waals surface area contributed by atoms with E-state index in [0.29, 0.717) is 13.1 Å². The largest absolute Gasteiger partial charge is 0.497 e. The van der Waals surface area contributed by atoms with Crippen LogP contribution in [0.25, 0.3) is 11.1 Å². The van der Waals surface area contributed by atoms with Crippen LogP contribution in [-0.2, 0) is 0 Å². The highest BCUT2D eigenvalue weighted by molar-refractivity contribution is 5.89. The van der Waals surface area contributed by atoms with Crippen LogP contribution in [0.3, 0.4) is 0 Å². The molecule has 2 heterocycles. The number of anilines is 1. The molecule has 36 heavy (non-hydrogen) atoms. The van der Waals surface area contributed by atoms with E-state index in [1.54, 1.807) is 13.2 Å². The number of aliphatic hydroxyl groups is 1. The van der Waals surface area contributed by atoms with Crippen molar-refractivity contribution in [3.63, 3.8) is 0 Å². The molecule has 5 rings (SSSR count). The van der Waals surface area contributed by atoms with Crippen LogP contribution in [0.1, 0.15) is 24.3 Å². The van der Waals surface area contributed by atoms with Gasteiger partial charge in [-0.15, -0.1) is 0 Å². The number of aliphatic hydroxyl groups excluding tert-OH is 1. The Morgan fingerprint density at radius 1 is 1.03 bits per heavy atom. The van der Waals surface area contributed by atoms with Crippen LogP contribution in [0.2, 0.25) is 0 Å². The number of urea groups is 1. The number of methoxy groups -OCH3 is 1. The molecule has 2 saturated heterocycles. The number of carbonyl (C=O) groups excluding carboxylic acids is 1. The highest BCUT2D eigenvalue weighted by Gasteiger charge is 2.49. The maximum atomic E-state index is 13.7. The molecule has 2 fully saturated rings. The minimum atomic E-state index is -0.255. The average Bonchev–Trinajstić information content (AvgIpc) is 2.88. The molecular formula is C29H32FN3O3. The normalized spacial score (nSPS) is 22.1. The third kappa shape index (κ3) is 4.94. The first-order chi connectivity index (χ1) is 17.6. The van der Waals surface area contributed by atoms with Gasteiger partial charge in [-0.3, -0.25) is 4.90 Å². The number of benzene rings is 3. The van der Waals surface area contributed by atoms with Gasteiger partial charge in [-0.2, -0.15) is 0 Å². The standard InChI is InChI=1S/C29H32FN3O3/c1-36-25-13-11-24(12-14-25)31-29(35)32-15-2-3-16-33-26(18-32)28(27(33)19-34)21-9-7-20(8-10-21)22-5-4-6-23(30)17-22/h4-14,17,26-28,34H,2-3,15-16,18-19H2,1H3,(H,31,35)/t26-,27+,28+/m0/s1. The van der Waals surface area contributed by atoms with Gasteiger partial charge in [0.05, 0.1) is 13.7 Å². The molecule has 2 aliphatic heterocycles. The van der Waals surface area contributed by atoms with E-state index in [0.717, 1.165) is 47.5 Å². The van der Waals surface area contributed by atoms with Gasteiger partial charge < -0.3 is 20.1 Å². The van der Waals surface area contributed by atoms with Gasteiger partial charge in [0.25, 0.3) is 0 Å². The average molecular weight is 490 g/mol. The van der Waals surface area contributed by atoms with E-state index < -0.39 is 0 Å². The molecule has 0 aromatic heterocycles. The van der Waals surface area contributed by atoms with Gasteiger partial charge in [0.2, 0.25) is 0 Å². The number of nitrogens with one attached hydrogen (secondary N) is 1. The lowest BCUT2D eigenvalue weighted by Gasteiger charge is -2.57. The summed E-state index contributed by atoms with van der Waals surface area (Å²) in [6, 6.07) is 22.1. The Kier molecular flexibility index (Phi) is 7.20. The number of halogens is 1. The smallest absolute Gasteiger partial charge is 0.321 e. The molecule has 0 bridgehead atoms. The van der Waals surface area contributed by atoms with E-state index in [9.17, 15) is 14.3 Å². The summed E-state index contributed by atoms with van der Waals surface area (Å²) in [5.74, 6) is 0.603. The van der Waals surface area contributed by atoms with Crippen LogP contribution in [0.4, 0.5) is 14.9 Å². The lowest BCUT2D eigenvalue weighted by atomic mass is 9.74. The zero-order valence-corrected chi connectivity index (χ0v) is 20.4. The summed E-state index contributed by atoms with van der Waals surface area (Å²) in [4.78, 5) is 17.4. The Morgan fingerprint density at radius 2 is 1.78 bits per heavy atom. The van der Waals surface area contributed by atoms with Crippen LogP contribution < -0.4 is 10.1 Å². The molecule has 0 spiro atoms. The third-order valence-electron chi connectivity index (χ3n) is 7.45. The van der Waals surface area contributed by atoms with Crippen LogP contribution in [0, 0.1) is 5.82 Å². The van der Waals surface area contributed by atoms with E-state index >= 15 is 0 Å². The summed E-state index contributed by atoms with van der Waals surface area (Å²) < 4.78 is 18.9. The van der Waals surface area contributed by atoms with Gasteiger partial charge in [-0.25, -0.2) is 9.18 Å². The Labute approximate surface area is 211 Å². The second-order valence-corrected chi connectivity index (χ2v) is 9.53. The molecule has 0 saturated carbocycles. The molecule has 0 unspecified atom stereocenters. The molecule has 188 valence electrons. The first-order valence-electron chi connectivity index (χ1n) is 12.5. The monoisotopic (exact) mass is 489 g/mol. The molecular weight excluding hydrogens is 457 g/mol. The van der Waals surface area contributed by atoms with E-state index in [1.807, 2.05) is 47.4 Å². The number of rotatable bonds is 5. The van der Waals surface area contributed by atoms with E-state index in [4.69, 9.17) is 4.74 Å². The first kappa shape index (κ1) is 24.3. The molecule has 0 aliphatic carbocycles. The molecule has 3 atom stereocenters. The number of hydrogen-bond donors (Lipinski definition) is 2. The van der Waals surface area contributed by atoms with Crippen molar-refractivity contribution in [1.29, 1.82) is 0 Å². The van der Waals surface area contributed by atoms with Gasteiger partial charge in [0.1, 0.15) is 11.6 Å². The van der Waals surface area contributed by atoms with Crippen LogP contribution in [-0.4, -0.2) is 66.4 Å². The summed E-state index contributed by atoms with van der Waals surface area (Å²) in [5.41, 5.74) is 3.65. The van der Waals surface area contributed by atoms with Gasteiger partial charge >= 0.3 is 6.03 Å². The fraction of sp³-hybridized carbons (Fsp3) is 0.345. The van der Waals surface area contributed by atoms with Crippen molar-refractivity contribution in [2.75, 3.05) is 38.7 Å². The predicted octanol–water partition coefficient (Wildman–Crippen LogP) is 4.96. The Morgan fingerprint density at radius 3 is 2.47 bits per heavy atom. The van der Waals surface area contributed by atoms with Gasteiger partial charge in [0, 0.05) is 36.8 Å². The fourth-order valence-corrected chi connectivity index (χ4v) is 5.57. The minimum absolute atomic E-state index is 0.0274. The van der Waals surface area contributed by atoms with Crippen molar-refractivity contribution in [1.82, 2.24) is 9.80 Å². The fourth-order valence-electron chi connectivity index (χ4n) is 5.57. The molecule has 2 amide bonds. The summed E-state index contributed by atoms with van der Waals surface area (Å²) in [6.45, 7) is 2.28. The van der Waals surface area contributed by atoms with Gasteiger partial charge in [0.15, 0.2) is 0 Å². The second-order valence-electron chi connectivity index (χ2n) is 9.53. The number of carbonyl (C=O) groups is 1. The maximum Gasteiger partial charge on any atom is 0.321 e. The maximum absolute atomic E-state index is 13.7. The lowest BCUT2D eigenvalue weighted by molar-refractivity contribution is -0.0585. The third-order valence-corrected chi connectivity index (χ3v) is 7.45. The van der Waals surface area contributed by atoms with Crippen LogP contribution >= 0.6 is 0 Å². The predicted molar refractivity (Wildman–Crippen MR) is 139 cm³/mol. The summed E-state index contributed by atoms with van der Waals surface area (Å²) in [6.07, 6.45) is 1.90. The zero-order valence-electron chi connectivity index (χ0n) is 20.4. The molecule has 2 N–H and O–H groups in total. The zero-order chi connectivity index (χ0) is 25.1. The van der Waals surface area contributed by atoms with E-state index in [-0.39, 0.29) is 36.5 Å². The Bertz CT molecular complexity index is 1190. The molecule has 0 radical (unpaired) electrons. The molecule has 3 aromatic carbocycles. The van der Waals surface area contributed by atoms with Crippen molar-refractivity contribution in [2.24, 2.45) is 0 Å². The van der Waals surface area contributed by atoms with Crippen molar-refractivity contribution >= 4 is 11.7 Å². The number of amides is 2. The molecule has 3 aromatic rings. The number of ether oxygens (including phenoxy) is 1. The van der Waals surface area contributed by atoms with Crippen LogP contribution in [0.5, 0.6) is 5.75 Å². The van der Waals surface area contributed by atoms with Crippen molar-refractivity contribution < 1.29 is 19.0 Å². The topological polar surface area (TPSA) is 65.0 Å². The summed E-state index contributed by atoms with van der Waals surface area (Å²) in [7, 11) is 1.61. The molecule has 7 heteroatoms. The molecule has 6 nitrogen and oxygen atoms in total. The van der Waals surface area contributed by atoms with Gasteiger partial charge in [-0.05, 0) is 72.5 Å². The molecule has 2 aliphatic rings. The number of hydrogen-bond acceptors (Lipinski definition) is 4.